The molecule has 3 rings (SSSR count). The molecule has 2 heterocycles. The number of aryl methyl sites for hydroxylation is 1. The molecular formula is C21H27ClN2O4. The van der Waals surface area contributed by atoms with Crippen LogP contribution in [0.3, 0.4) is 0 Å². The molecule has 28 heavy (non-hydrogen) atoms. The molecule has 152 valence electrons. The standard InChI is InChI=1S/C21H27ClN2O4/c1-15(2)12-24-9-10-26-16(13-24)14-27-21(25)8-7-20-23-11-19(28-20)17-5-3-4-6-18(17)22/h3-6,11,15-16H,7-10,12-14H2,1-2H3. The molecule has 1 aliphatic heterocycles. The summed E-state index contributed by atoms with van der Waals surface area (Å²) in [4.78, 5) is 18.7. The van der Waals surface area contributed by atoms with Crippen molar-refractivity contribution in [1.29, 1.82) is 0 Å². The van der Waals surface area contributed by atoms with Gasteiger partial charge in [-0.05, 0) is 18.1 Å². The molecule has 0 bridgehead atoms. The highest BCUT2D eigenvalue weighted by Crippen LogP contribution is 2.28. The molecular weight excluding hydrogens is 380 g/mol. The van der Waals surface area contributed by atoms with Gasteiger partial charge < -0.3 is 13.9 Å². The molecule has 0 aliphatic carbocycles. The van der Waals surface area contributed by atoms with Crippen LogP contribution in [0.1, 0.15) is 26.2 Å². The van der Waals surface area contributed by atoms with Crippen molar-refractivity contribution in [2.75, 3.05) is 32.8 Å². The largest absolute Gasteiger partial charge is 0.463 e. The van der Waals surface area contributed by atoms with Gasteiger partial charge in [-0.3, -0.25) is 9.69 Å². The first-order valence-corrected chi connectivity index (χ1v) is 10.1. The number of carbonyl (C=O) groups excluding carboxylic acids is 1. The van der Waals surface area contributed by atoms with Crippen LogP contribution < -0.4 is 0 Å². The summed E-state index contributed by atoms with van der Waals surface area (Å²) < 4.78 is 16.8. The molecule has 1 unspecified atom stereocenters. The van der Waals surface area contributed by atoms with E-state index in [0.717, 1.165) is 25.2 Å². The van der Waals surface area contributed by atoms with Gasteiger partial charge in [-0.2, -0.15) is 0 Å². The maximum atomic E-state index is 12.1. The molecule has 1 aromatic carbocycles. The van der Waals surface area contributed by atoms with E-state index >= 15 is 0 Å². The minimum atomic E-state index is -0.276. The molecule has 0 N–H and O–H groups in total. The normalized spacial score (nSPS) is 17.8. The summed E-state index contributed by atoms with van der Waals surface area (Å²) in [6.07, 6.45) is 2.16. The Morgan fingerprint density at radius 3 is 3.00 bits per heavy atom. The minimum Gasteiger partial charge on any atom is -0.463 e. The van der Waals surface area contributed by atoms with Gasteiger partial charge in [0.25, 0.3) is 0 Å². The van der Waals surface area contributed by atoms with Crippen molar-refractivity contribution in [3.05, 3.63) is 41.4 Å². The van der Waals surface area contributed by atoms with Crippen molar-refractivity contribution in [2.24, 2.45) is 5.92 Å². The van der Waals surface area contributed by atoms with Gasteiger partial charge in [-0.15, -0.1) is 0 Å². The number of rotatable bonds is 8. The van der Waals surface area contributed by atoms with E-state index in [2.05, 4.69) is 23.7 Å². The third kappa shape index (κ3) is 6.06. The summed E-state index contributed by atoms with van der Waals surface area (Å²) in [7, 11) is 0. The van der Waals surface area contributed by atoms with Gasteiger partial charge in [0.2, 0.25) is 0 Å². The molecule has 0 saturated carbocycles. The number of esters is 1. The summed E-state index contributed by atoms with van der Waals surface area (Å²) in [6.45, 7) is 8.12. The fourth-order valence-electron chi connectivity index (χ4n) is 3.24. The third-order valence-electron chi connectivity index (χ3n) is 4.51. The second kappa shape index (κ2) is 10.0. The first kappa shape index (κ1) is 20.8. The second-order valence-corrected chi connectivity index (χ2v) is 7.83. The molecule has 1 fully saturated rings. The predicted molar refractivity (Wildman–Crippen MR) is 107 cm³/mol. The summed E-state index contributed by atoms with van der Waals surface area (Å²) >= 11 is 6.17. The quantitative estimate of drug-likeness (QED) is 0.621. The number of benzene rings is 1. The fraction of sp³-hybridized carbons (Fsp3) is 0.524. The molecule has 1 aromatic heterocycles. The number of nitrogens with zero attached hydrogens (tertiary/aromatic N) is 2. The second-order valence-electron chi connectivity index (χ2n) is 7.43. The van der Waals surface area contributed by atoms with E-state index in [-0.39, 0.29) is 25.1 Å². The first-order chi connectivity index (χ1) is 13.5. The zero-order valence-corrected chi connectivity index (χ0v) is 17.2. The molecule has 7 heteroatoms. The SMILES string of the molecule is CC(C)CN1CCOC(COC(=O)CCc2ncc(-c3ccccc3Cl)o2)C1. The predicted octanol–water partition coefficient (Wildman–Crippen LogP) is 3.83. The number of halogens is 1. The van der Waals surface area contributed by atoms with E-state index in [0.29, 0.717) is 35.6 Å². The van der Waals surface area contributed by atoms with Crippen molar-refractivity contribution in [3.8, 4) is 11.3 Å². The Labute approximate surface area is 170 Å². The summed E-state index contributed by atoms with van der Waals surface area (Å²) in [5.41, 5.74) is 0.783. The van der Waals surface area contributed by atoms with E-state index in [4.69, 9.17) is 25.5 Å². The summed E-state index contributed by atoms with van der Waals surface area (Å²) in [6, 6.07) is 7.41. The van der Waals surface area contributed by atoms with E-state index in [9.17, 15) is 4.79 Å². The molecule has 1 aliphatic rings. The molecule has 1 saturated heterocycles. The Morgan fingerprint density at radius 1 is 1.39 bits per heavy atom. The Morgan fingerprint density at radius 2 is 2.21 bits per heavy atom. The average Bonchev–Trinajstić information content (AvgIpc) is 3.14. The maximum Gasteiger partial charge on any atom is 0.306 e. The monoisotopic (exact) mass is 406 g/mol. The van der Waals surface area contributed by atoms with E-state index in [1.54, 1.807) is 12.3 Å². The van der Waals surface area contributed by atoms with Crippen molar-refractivity contribution in [2.45, 2.75) is 32.8 Å². The van der Waals surface area contributed by atoms with Crippen LogP contribution >= 0.6 is 11.6 Å². The van der Waals surface area contributed by atoms with Crippen molar-refractivity contribution < 1.29 is 18.7 Å². The third-order valence-corrected chi connectivity index (χ3v) is 4.84. The highest BCUT2D eigenvalue weighted by Gasteiger charge is 2.22. The molecule has 0 radical (unpaired) electrons. The van der Waals surface area contributed by atoms with Crippen LogP contribution in [0.15, 0.2) is 34.9 Å². The number of hydrogen-bond donors (Lipinski definition) is 0. The summed E-state index contributed by atoms with van der Waals surface area (Å²) in [5, 5.41) is 0.601. The number of ether oxygens (including phenoxy) is 2. The molecule has 1 atom stereocenters. The van der Waals surface area contributed by atoms with Gasteiger partial charge in [0.1, 0.15) is 12.7 Å². The zero-order chi connectivity index (χ0) is 19.9. The van der Waals surface area contributed by atoms with Crippen molar-refractivity contribution >= 4 is 17.6 Å². The van der Waals surface area contributed by atoms with Gasteiger partial charge in [0.05, 0.1) is 24.2 Å². The van der Waals surface area contributed by atoms with Crippen molar-refractivity contribution in [3.63, 3.8) is 0 Å². The lowest BCUT2D eigenvalue weighted by Gasteiger charge is -2.33. The van der Waals surface area contributed by atoms with Gasteiger partial charge in [0.15, 0.2) is 11.7 Å². The van der Waals surface area contributed by atoms with E-state index in [1.807, 2.05) is 18.2 Å². The molecule has 6 nitrogen and oxygen atoms in total. The van der Waals surface area contributed by atoms with E-state index < -0.39 is 0 Å². The Bertz CT molecular complexity index is 777. The number of carbonyl (C=O) groups is 1. The zero-order valence-electron chi connectivity index (χ0n) is 16.4. The Kier molecular flexibility index (Phi) is 7.48. The van der Waals surface area contributed by atoms with Gasteiger partial charge in [-0.25, -0.2) is 4.98 Å². The maximum absolute atomic E-state index is 12.1. The summed E-state index contributed by atoms with van der Waals surface area (Å²) in [5.74, 6) is 1.42. The van der Waals surface area contributed by atoms with Crippen LogP contribution in [0, 0.1) is 5.92 Å². The smallest absolute Gasteiger partial charge is 0.306 e. The van der Waals surface area contributed by atoms with Crippen LogP contribution in [0.4, 0.5) is 0 Å². The Balaban J connectivity index is 1.42. The topological polar surface area (TPSA) is 64.8 Å². The highest BCUT2D eigenvalue weighted by molar-refractivity contribution is 6.33. The molecule has 2 aromatic rings. The average molecular weight is 407 g/mol. The molecule has 0 spiro atoms. The van der Waals surface area contributed by atoms with E-state index in [1.165, 1.54) is 0 Å². The van der Waals surface area contributed by atoms with Gasteiger partial charge in [0, 0.05) is 31.6 Å². The minimum absolute atomic E-state index is 0.0648. The fourth-order valence-corrected chi connectivity index (χ4v) is 3.47. The number of morpholine rings is 1. The number of aromatic nitrogens is 1. The first-order valence-electron chi connectivity index (χ1n) is 9.70. The lowest BCUT2D eigenvalue weighted by Crippen LogP contribution is -2.45. The van der Waals surface area contributed by atoms with Gasteiger partial charge >= 0.3 is 5.97 Å². The van der Waals surface area contributed by atoms with Crippen LogP contribution in [-0.4, -0.2) is 54.8 Å². The highest BCUT2D eigenvalue weighted by atomic mass is 35.5. The van der Waals surface area contributed by atoms with Gasteiger partial charge in [-0.1, -0.05) is 37.6 Å². The Hall–Kier alpha value is -1.89. The molecule has 0 amide bonds. The number of oxazole rings is 1. The number of hydrogen-bond acceptors (Lipinski definition) is 6. The van der Waals surface area contributed by atoms with Crippen LogP contribution in [0.5, 0.6) is 0 Å². The van der Waals surface area contributed by atoms with Crippen LogP contribution in [0.25, 0.3) is 11.3 Å². The lowest BCUT2D eigenvalue weighted by atomic mass is 10.2. The van der Waals surface area contributed by atoms with Crippen molar-refractivity contribution in [1.82, 2.24) is 9.88 Å². The van der Waals surface area contributed by atoms with Crippen LogP contribution in [-0.2, 0) is 20.7 Å². The van der Waals surface area contributed by atoms with Crippen LogP contribution in [0.2, 0.25) is 5.02 Å². The lowest BCUT2D eigenvalue weighted by molar-refractivity contribution is -0.150.